The Hall–Kier alpha value is -2.41. The van der Waals surface area contributed by atoms with Crippen LogP contribution in [0.4, 0.5) is 11.6 Å². The first-order valence-corrected chi connectivity index (χ1v) is 6.81. The Morgan fingerprint density at radius 3 is 2.76 bits per heavy atom. The van der Waals surface area contributed by atoms with Crippen molar-refractivity contribution < 1.29 is 4.74 Å². The standard InChI is InChI=1S/C14H20N6O/c1-3-4-11-13(18-9-19-14(11)20-15)17-8-10-5-6-16-12(7-10)21-2/h5-7,9H,3-4,8,15H2,1-2H3,(H2,17,18,19,20). The highest BCUT2D eigenvalue weighted by atomic mass is 16.5. The quantitative estimate of drug-likeness (QED) is 0.527. The summed E-state index contributed by atoms with van der Waals surface area (Å²) in [5.74, 6) is 7.54. The molecule has 0 fully saturated rings. The van der Waals surface area contributed by atoms with E-state index in [9.17, 15) is 0 Å². The molecule has 0 spiro atoms. The van der Waals surface area contributed by atoms with Gasteiger partial charge < -0.3 is 15.5 Å². The lowest BCUT2D eigenvalue weighted by molar-refractivity contribution is 0.397. The summed E-state index contributed by atoms with van der Waals surface area (Å²) in [6.07, 6.45) is 5.04. The molecule has 2 heterocycles. The third-order valence-electron chi connectivity index (χ3n) is 3.05. The Bertz CT molecular complexity index is 589. The number of nitrogens with zero attached hydrogens (tertiary/aromatic N) is 3. The molecule has 2 aromatic heterocycles. The van der Waals surface area contributed by atoms with E-state index in [2.05, 4.69) is 32.6 Å². The van der Waals surface area contributed by atoms with Crippen LogP contribution in [-0.4, -0.2) is 22.1 Å². The third-order valence-corrected chi connectivity index (χ3v) is 3.05. The second kappa shape index (κ2) is 7.39. The van der Waals surface area contributed by atoms with Gasteiger partial charge in [-0.05, 0) is 18.1 Å². The molecule has 0 aliphatic heterocycles. The lowest BCUT2D eigenvalue weighted by Gasteiger charge is -2.13. The summed E-state index contributed by atoms with van der Waals surface area (Å²) in [5, 5.41) is 3.31. The fourth-order valence-corrected chi connectivity index (χ4v) is 2.03. The SMILES string of the molecule is CCCc1c(NN)ncnc1NCc1ccnc(OC)c1. The smallest absolute Gasteiger partial charge is 0.213 e. The van der Waals surface area contributed by atoms with Crippen LogP contribution in [0.3, 0.4) is 0 Å². The lowest BCUT2D eigenvalue weighted by atomic mass is 10.1. The van der Waals surface area contributed by atoms with Crippen LogP contribution in [0, 0.1) is 0 Å². The Morgan fingerprint density at radius 2 is 2.05 bits per heavy atom. The highest BCUT2D eigenvalue weighted by Crippen LogP contribution is 2.21. The number of methoxy groups -OCH3 is 1. The molecular formula is C14H20N6O. The summed E-state index contributed by atoms with van der Waals surface area (Å²) < 4.78 is 5.11. The van der Waals surface area contributed by atoms with Gasteiger partial charge in [0, 0.05) is 24.4 Å². The van der Waals surface area contributed by atoms with Gasteiger partial charge in [0.15, 0.2) is 0 Å². The number of pyridine rings is 1. The summed E-state index contributed by atoms with van der Waals surface area (Å²) in [5.41, 5.74) is 4.67. The van der Waals surface area contributed by atoms with Crippen LogP contribution in [0.25, 0.3) is 0 Å². The van der Waals surface area contributed by atoms with Crippen LogP contribution in [0.2, 0.25) is 0 Å². The van der Waals surface area contributed by atoms with Crippen molar-refractivity contribution in [1.29, 1.82) is 0 Å². The first kappa shape index (κ1) is 15.0. The Labute approximate surface area is 123 Å². The number of hydrogen-bond acceptors (Lipinski definition) is 7. The third kappa shape index (κ3) is 3.79. The number of ether oxygens (including phenoxy) is 1. The number of hydrazine groups is 1. The average molecular weight is 288 g/mol. The maximum atomic E-state index is 5.50. The fourth-order valence-electron chi connectivity index (χ4n) is 2.03. The molecule has 0 aliphatic rings. The van der Waals surface area contributed by atoms with Crippen molar-refractivity contribution in [3.63, 3.8) is 0 Å². The second-order valence-corrected chi connectivity index (χ2v) is 4.50. The highest BCUT2D eigenvalue weighted by Gasteiger charge is 2.09. The maximum Gasteiger partial charge on any atom is 0.213 e. The minimum Gasteiger partial charge on any atom is -0.481 e. The first-order chi connectivity index (χ1) is 10.3. The van der Waals surface area contributed by atoms with E-state index in [-0.39, 0.29) is 0 Å². The summed E-state index contributed by atoms with van der Waals surface area (Å²) in [7, 11) is 1.60. The van der Waals surface area contributed by atoms with Gasteiger partial charge in [-0.15, -0.1) is 0 Å². The molecule has 0 radical (unpaired) electrons. The number of nitrogens with one attached hydrogen (secondary N) is 2. The van der Waals surface area contributed by atoms with Crippen molar-refractivity contribution in [2.75, 3.05) is 17.9 Å². The van der Waals surface area contributed by atoms with Crippen molar-refractivity contribution >= 4 is 11.6 Å². The van der Waals surface area contributed by atoms with E-state index in [1.165, 1.54) is 6.33 Å². The van der Waals surface area contributed by atoms with E-state index in [4.69, 9.17) is 10.6 Å². The molecule has 0 amide bonds. The summed E-state index contributed by atoms with van der Waals surface area (Å²) in [6, 6.07) is 3.81. The predicted octanol–water partition coefficient (Wildman–Crippen LogP) is 1.73. The van der Waals surface area contributed by atoms with E-state index in [1.807, 2.05) is 12.1 Å². The van der Waals surface area contributed by atoms with E-state index in [0.717, 1.165) is 29.8 Å². The number of hydrogen-bond donors (Lipinski definition) is 3. The van der Waals surface area contributed by atoms with Gasteiger partial charge in [-0.25, -0.2) is 20.8 Å². The van der Waals surface area contributed by atoms with Gasteiger partial charge >= 0.3 is 0 Å². The van der Waals surface area contributed by atoms with Crippen molar-refractivity contribution in [2.24, 2.45) is 5.84 Å². The van der Waals surface area contributed by atoms with E-state index < -0.39 is 0 Å². The highest BCUT2D eigenvalue weighted by molar-refractivity contribution is 5.57. The molecule has 21 heavy (non-hydrogen) atoms. The molecule has 7 nitrogen and oxygen atoms in total. The van der Waals surface area contributed by atoms with Crippen LogP contribution in [0.5, 0.6) is 5.88 Å². The summed E-state index contributed by atoms with van der Waals surface area (Å²) >= 11 is 0. The van der Waals surface area contributed by atoms with Gasteiger partial charge in [0.1, 0.15) is 18.0 Å². The molecule has 0 aliphatic carbocycles. The summed E-state index contributed by atoms with van der Waals surface area (Å²) in [6.45, 7) is 2.72. The molecule has 112 valence electrons. The van der Waals surface area contributed by atoms with Gasteiger partial charge in [-0.3, -0.25) is 0 Å². The van der Waals surface area contributed by atoms with Gasteiger partial charge in [-0.2, -0.15) is 0 Å². The van der Waals surface area contributed by atoms with E-state index in [1.54, 1.807) is 13.3 Å². The average Bonchev–Trinajstić information content (AvgIpc) is 2.54. The minimum absolute atomic E-state index is 0.593. The number of rotatable bonds is 7. The fraction of sp³-hybridized carbons (Fsp3) is 0.357. The normalized spacial score (nSPS) is 10.2. The molecule has 0 aromatic carbocycles. The number of anilines is 2. The molecular weight excluding hydrogens is 268 g/mol. The van der Waals surface area contributed by atoms with Crippen molar-refractivity contribution in [3.05, 3.63) is 35.8 Å². The molecule has 2 aromatic rings. The molecule has 0 bridgehead atoms. The second-order valence-electron chi connectivity index (χ2n) is 4.50. The van der Waals surface area contributed by atoms with Gasteiger partial charge in [-0.1, -0.05) is 13.3 Å². The molecule has 4 N–H and O–H groups in total. The molecule has 7 heteroatoms. The van der Waals surface area contributed by atoms with E-state index >= 15 is 0 Å². The Kier molecular flexibility index (Phi) is 5.28. The zero-order valence-corrected chi connectivity index (χ0v) is 12.3. The zero-order chi connectivity index (χ0) is 15.1. The lowest BCUT2D eigenvalue weighted by Crippen LogP contribution is -2.14. The van der Waals surface area contributed by atoms with Crippen molar-refractivity contribution in [1.82, 2.24) is 15.0 Å². The minimum atomic E-state index is 0.593. The topological polar surface area (TPSA) is 98.0 Å². The number of nitrogens with two attached hydrogens (primary N) is 1. The molecule has 2 rings (SSSR count). The van der Waals surface area contributed by atoms with Crippen LogP contribution in [-0.2, 0) is 13.0 Å². The van der Waals surface area contributed by atoms with E-state index in [0.29, 0.717) is 18.2 Å². The number of aromatic nitrogens is 3. The first-order valence-electron chi connectivity index (χ1n) is 6.81. The Balaban J connectivity index is 2.15. The van der Waals surface area contributed by atoms with Crippen LogP contribution in [0.15, 0.2) is 24.7 Å². The van der Waals surface area contributed by atoms with Gasteiger partial charge in [0.05, 0.1) is 7.11 Å². The van der Waals surface area contributed by atoms with Crippen LogP contribution < -0.4 is 21.3 Å². The monoisotopic (exact) mass is 288 g/mol. The molecule has 0 saturated carbocycles. The largest absolute Gasteiger partial charge is 0.481 e. The van der Waals surface area contributed by atoms with Crippen molar-refractivity contribution in [2.45, 2.75) is 26.3 Å². The maximum absolute atomic E-state index is 5.50. The molecule has 0 saturated heterocycles. The number of nitrogen functional groups attached to an aromatic ring is 1. The van der Waals surface area contributed by atoms with Gasteiger partial charge in [0.2, 0.25) is 5.88 Å². The Morgan fingerprint density at radius 1 is 1.24 bits per heavy atom. The summed E-state index contributed by atoms with van der Waals surface area (Å²) in [4.78, 5) is 12.5. The van der Waals surface area contributed by atoms with Gasteiger partial charge in [0.25, 0.3) is 0 Å². The zero-order valence-electron chi connectivity index (χ0n) is 12.3. The molecule has 0 atom stereocenters. The van der Waals surface area contributed by atoms with Crippen molar-refractivity contribution in [3.8, 4) is 5.88 Å². The molecule has 0 unspecified atom stereocenters. The predicted molar refractivity (Wildman–Crippen MR) is 82.0 cm³/mol. The van der Waals surface area contributed by atoms with Crippen LogP contribution >= 0.6 is 0 Å². The van der Waals surface area contributed by atoms with Crippen LogP contribution in [0.1, 0.15) is 24.5 Å².